The molecule has 0 aliphatic heterocycles. The quantitative estimate of drug-likeness (QED) is 0.814. The van der Waals surface area contributed by atoms with Crippen LogP contribution in [0.2, 0.25) is 0 Å². The van der Waals surface area contributed by atoms with Crippen LogP contribution >= 0.6 is 0 Å². The normalized spacial score (nSPS) is 14.1. The van der Waals surface area contributed by atoms with Gasteiger partial charge in [-0.25, -0.2) is 8.78 Å². The van der Waals surface area contributed by atoms with E-state index in [4.69, 9.17) is 5.73 Å². The minimum Gasteiger partial charge on any atom is -0.398 e. The molecular formula is C13H18F2N2O. The molecule has 1 amide bonds. The molecule has 3 nitrogen and oxygen atoms in total. The van der Waals surface area contributed by atoms with Crippen molar-refractivity contribution in [2.75, 3.05) is 5.73 Å². The van der Waals surface area contributed by atoms with Crippen molar-refractivity contribution in [2.24, 2.45) is 5.92 Å². The summed E-state index contributed by atoms with van der Waals surface area (Å²) in [6.45, 7) is 5.88. The SMILES string of the molecule is CCC(C)C(C)NC(=O)c1cc(F)c(F)cc1N. The number of nitrogen functional groups attached to an aromatic ring is 1. The van der Waals surface area contributed by atoms with Gasteiger partial charge in [-0.05, 0) is 18.9 Å². The third-order valence-electron chi connectivity index (χ3n) is 3.19. The van der Waals surface area contributed by atoms with Crippen molar-refractivity contribution in [2.45, 2.75) is 33.2 Å². The van der Waals surface area contributed by atoms with E-state index < -0.39 is 17.5 Å². The molecule has 0 aliphatic carbocycles. The summed E-state index contributed by atoms with van der Waals surface area (Å²) in [5.74, 6) is -2.33. The van der Waals surface area contributed by atoms with E-state index in [1.807, 2.05) is 20.8 Å². The molecule has 0 fully saturated rings. The van der Waals surface area contributed by atoms with Crippen LogP contribution in [-0.2, 0) is 0 Å². The van der Waals surface area contributed by atoms with Crippen LogP contribution in [0.4, 0.5) is 14.5 Å². The summed E-state index contributed by atoms with van der Waals surface area (Å²) < 4.78 is 26.0. The van der Waals surface area contributed by atoms with E-state index in [0.717, 1.165) is 18.6 Å². The van der Waals surface area contributed by atoms with Gasteiger partial charge < -0.3 is 11.1 Å². The fourth-order valence-electron chi connectivity index (χ4n) is 1.54. The molecule has 2 atom stereocenters. The Morgan fingerprint density at radius 2 is 1.89 bits per heavy atom. The van der Waals surface area contributed by atoms with Gasteiger partial charge in [0, 0.05) is 17.8 Å². The summed E-state index contributed by atoms with van der Waals surface area (Å²) in [6.07, 6.45) is 0.911. The maximum Gasteiger partial charge on any atom is 0.253 e. The van der Waals surface area contributed by atoms with Crippen LogP contribution in [0.3, 0.4) is 0 Å². The van der Waals surface area contributed by atoms with Gasteiger partial charge in [0.1, 0.15) is 0 Å². The molecule has 0 bridgehead atoms. The van der Waals surface area contributed by atoms with Gasteiger partial charge in [-0.1, -0.05) is 20.3 Å². The van der Waals surface area contributed by atoms with Crippen LogP contribution in [0.25, 0.3) is 0 Å². The van der Waals surface area contributed by atoms with E-state index in [1.54, 1.807) is 0 Å². The number of nitrogens with two attached hydrogens (primary N) is 1. The number of amides is 1. The Bertz CT molecular complexity index is 449. The number of rotatable bonds is 4. The highest BCUT2D eigenvalue weighted by molar-refractivity contribution is 5.99. The molecular weight excluding hydrogens is 238 g/mol. The van der Waals surface area contributed by atoms with Crippen molar-refractivity contribution in [1.29, 1.82) is 0 Å². The van der Waals surface area contributed by atoms with Crippen molar-refractivity contribution in [3.63, 3.8) is 0 Å². The first-order valence-corrected chi connectivity index (χ1v) is 5.92. The zero-order valence-electron chi connectivity index (χ0n) is 10.8. The lowest BCUT2D eigenvalue weighted by atomic mass is 10.0. The zero-order chi connectivity index (χ0) is 13.9. The summed E-state index contributed by atoms with van der Waals surface area (Å²) >= 11 is 0. The zero-order valence-corrected chi connectivity index (χ0v) is 10.8. The number of benzene rings is 1. The van der Waals surface area contributed by atoms with E-state index in [0.29, 0.717) is 5.92 Å². The van der Waals surface area contributed by atoms with Crippen LogP contribution in [0.1, 0.15) is 37.6 Å². The molecule has 0 aromatic heterocycles. The standard InChI is InChI=1S/C13H18F2N2O/c1-4-7(2)8(3)17-13(18)9-5-10(14)11(15)6-12(9)16/h5-8H,4,16H2,1-3H3,(H,17,18). The Labute approximate surface area is 105 Å². The number of carbonyl (C=O) groups excluding carboxylic acids is 1. The second-order valence-corrected chi connectivity index (χ2v) is 4.50. The van der Waals surface area contributed by atoms with Crippen LogP contribution < -0.4 is 11.1 Å². The summed E-state index contributed by atoms with van der Waals surface area (Å²) in [4.78, 5) is 11.9. The number of anilines is 1. The van der Waals surface area contributed by atoms with E-state index >= 15 is 0 Å². The molecule has 100 valence electrons. The first kappa shape index (κ1) is 14.4. The Hall–Kier alpha value is -1.65. The average molecular weight is 256 g/mol. The average Bonchev–Trinajstić information content (AvgIpc) is 2.32. The number of hydrogen-bond acceptors (Lipinski definition) is 2. The third kappa shape index (κ3) is 3.18. The fourth-order valence-corrected chi connectivity index (χ4v) is 1.54. The van der Waals surface area contributed by atoms with Gasteiger partial charge in [0.2, 0.25) is 0 Å². The van der Waals surface area contributed by atoms with Gasteiger partial charge in [-0.3, -0.25) is 4.79 Å². The van der Waals surface area contributed by atoms with Gasteiger partial charge in [-0.15, -0.1) is 0 Å². The molecule has 0 spiro atoms. The molecule has 0 saturated heterocycles. The van der Waals surface area contributed by atoms with Crippen molar-refractivity contribution in [3.8, 4) is 0 Å². The number of carbonyl (C=O) groups is 1. The molecule has 0 radical (unpaired) electrons. The third-order valence-corrected chi connectivity index (χ3v) is 3.19. The molecule has 0 saturated carbocycles. The Morgan fingerprint density at radius 1 is 1.33 bits per heavy atom. The highest BCUT2D eigenvalue weighted by atomic mass is 19.2. The maximum absolute atomic E-state index is 13.1. The van der Waals surface area contributed by atoms with Gasteiger partial charge in [0.25, 0.3) is 5.91 Å². The predicted octanol–water partition coefficient (Wildman–Crippen LogP) is 2.71. The van der Waals surface area contributed by atoms with Crippen LogP contribution in [0.5, 0.6) is 0 Å². The van der Waals surface area contributed by atoms with Crippen molar-refractivity contribution >= 4 is 11.6 Å². The number of nitrogens with one attached hydrogen (secondary N) is 1. The molecule has 1 rings (SSSR count). The van der Waals surface area contributed by atoms with Crippen molar-refractivity contribution in [1.82, 2.24) is 5.32 Å². The van der Waals surface area contributed by atoms with Gasteiger partial charge in [0.05, 0.1) is 5.56 Å². The Morgan fingerprint density at radius 3 is 2.44 bits per heavy atom. The second kappa shape index (κ2) is 5.80. The molecule has 0 heterocycles. The van der Waals surface area contributed by atoms with E-state index in [1.165, 1.54) is 0 Å². The molecule has 1 aromatic carbocycles. The molecule has 2 unspecified atom stereocenters. The first-order valence-electron chi connectivity index (χ1n) is 5.92. The predicted molar refractivity (Wildman–Crippen MR) is 67.2 cm³/mol. The molecule has 0 aliphatic rings. The van der Waals surface area contributed by atoms with Crippen molar-refractivity contribution in [3.05, 3.63) is 29.3 Å². The summed E-state index contributed by atoms with van der Waals surface area (Å²) in [6, 6.07) is 1.58. The van der Waals surface area contributed by atoms with Crippen molar-refractivity contribution < 1.29 is 13.6 Å². The Balaban J connectivity index is 2.88. The Kier molecular flexibility index (Phi) is 4.64. The topological polar surface area (TPSA) is 55.1 Å². The lowest BCUT2D eigenvalue weighted by Crippen LogP contribution is -2.37. The fraction of sp³-hybridized carbons (Fsp3) is 0.462. The molecule has 5 heteroatoms. The van der Waals surface area contributed by atoms with Crippen LogP contribution in [0.15, 0.2) is 12.1 Å². The molecule has 3 N–H and O–H groups in total. The summed E-state index contributed by atoms with van der Waals surface area (Å²) in [5.41, 5.74) is 5.40. The maximum atomic E-state index is 13.1. The first-order chi connectivity index (χ1) is 8.36. The minimum atomic E-state index is -1.08. The highest BCUT2D eigenvalue weighted by Gasteiger charge is 2.18. The number of hydrogen-bond donors (Lipinski definition) is 2. The lowest BCUT2D eigenvalue weighted by Gasteiger charge is -2.20. The van der Waals surface area contributed by atoms with Gasteiger partial charge in [0.15, 0.2) is 11.6 Å². The van der Waals surface area contributed by atoms with E-state index in [2.05, 4.69) is 5.32 Å². The molecule has 1 aromatic rings. The summed E-state index contributed by atoms with van der Waals surface area (Å²) in [5, 5.41) is 2.73. The number of halogens is 2. The van der Waals surface area contributed by atoms with Crippen LogP contribution in [-0.4, -0.2) is 11.9 Å². The second-order valence-electron chi connectivity index (χ2n) is 4.50. The van der Waals surface area contributed by atoms with Gasteiger partial charge >= 0.3 is 0 Å². The van der Waals surface area contributed by atoms with E-state index in [-0.39, 0.29) is 17.3 Å². The lowest BCUT2D eigenvalue weighted by molar-refractivity contribution is 0.0928. The van der Waals surface area contributed by atoms with Crippen LogP contribution in [0, 0.1) is 17.6 Å². The van der Waals surface area contributed by atoms with E-state index in [9.17, 15) is 13.6 Å². The summed E-state index contributed by atoms with van der Waals surface area (Å²) in [7, 11) is 0. The highest BCUT2D eigenvalue weighted by Crippen LogP contribution is 2.17. The largest absolute Gasteiger partial charge is 0.398 e. The monoisotopic (exact) mass is 256 g/mol. The smallest absolute Gasteiger partial charge is 0.253 e. The van der Waals surface area contributed by atoms with Gasteiger partial charge in [-0.2, -0.15) is 0 Å². The minimum absolute atomic E-state index is 0.0379. The molecule has 18 heavy (non-hydrogen) atoms.